The Balaban J connectivity index is 2.19. The Morgan fingerprint density at radius 1 is 0.905 bits per heavy atom. The van der Waals surface area contributed by atoms with Crippen LogP contribution in [-0.4, -0.2) is 5.78 Å². The third-order valence-corrected chi connectivity index (χ3v) is 5.52. The molecule has 0 radical (unpaired) electrons. The smallest absolute Gasteiger partial charge is 0.156 e. The third kappa shape index (κ3) is 2.37. The molecule has 1 aromatic rings. The van der Waals surface area contributed by atoms with E-state index in [-0.39, 0.29) is 16.6 Å². The topological polar surface area (TPSA) is 17.1 Å². The lowest BCUT2D eigenvalue weighted by molar-refractivity contribution is -0.114. The van der Waals surface area contributed by atoms with Gasteiger partial charge in [-0.05, 0) is 70.9 Å². The second kappa shape index (κ2) is 4.56. The van der Waals surface area contributed by atoms with Crippen LogP contribution in [0.1, 0.15) is 75.6 Å². The maximum atomic E-state index is 11.6. The van der Waals surface area contributed by atoms with Gasteiger partial charge in [-0.3, -0.25) is 4.79 Å². The van der Waals surface area contributed by atoms with E-state index in [9.17, 15) is 4.79 Å². The van der Waals surface area contributed by atoms with Crippen molar-refractivity contribution in [1.82, 2.24) is 0 Å². The van der Waals surface area contributed by atoms with Crippen molar-refractivity contribution in [2.24, 2.45) is 0 Å². The molecule has 21 heavy (non-hydrogen) atoms. The van der Waals surface area contributed by atoms with Crippen LogP contribution < -0.4 is 0 Å². The monoisotopic (exact) mass is 282 g/mol. The van der Waals surface area contributed by atoms with Crippen LogP contribution in [-0.2, 0) is 15.6 Å². The number of fused-ring (bicyclic) bond motifs is 1. The highest BCUT2D eigenvalue weighted by atomic mass is 16.1. The van der Waals surface area contributed by atoms with E-state index in [0.717, 1.165) is 6.42 Å². The minimum atomic E-state index is 0.233. The number of ketones is 1. The first-order valence-corrected chi connectivity index (χ1v) is 8.10. The van der Waals surface area contributed by atoms with Crippen molar-refractivity contribution in [2.45, 2.75) is 71.1 Å². The molecular weight excluding hydrogens is 256 g/mol. The molecule has 0 aromatic heterocycles. The molecule has 2 aliphatic carbocycles. The summed E-state index contributed by atoms with van der Waals surface area (Å²) in [6.07, 6.45) is 5.92. The number of rotatable bonds is 1. The molecule has 0 atom stereocenters. The van der Waals surface area contributed by atoms with E-state index in [2.05, 4.69) is 46.8 Å². The average Bonchev–Trinajstić information content (AvgIpc) is 2.81. The highest BCUT2D eigenvalue weighted by molar-refractivity contribution is 6.02. The maximum Gasteiger partial charge on any atom is 0.156 e. The highest BCUT2D eigenvalue weighted by Gasteiger charge is 2.37. The Morgan fingerprint density at radius 3 is 2.00 bits per heavy atom. The normalized spacial score (nSPS) is 22.9. The molecule has 0 aliphatic heterocycles. The Kier molecular flexibility index (Phi) is 3.16. The van der Waals surface area contributed by atoms with Gasteiger partial charge in [-0.25, -0.2) is 0 Å². The Labute approximate surface area is 128 Å². The molecule has 0 fully saturated rings. The molecule has 0 N–H and O–H groups in total. The Morgan fingerprint density at radius 2 is 1.48 bits per heavy atom. The molecule has 2 aliphatic rings. The summed E-state index contributed by atoms with van der Waals surface area (Å²) in [5.74, 6) is 0.279. The average molecular weight is 282 g/mol. The zero-order chi connectivity index (χ0) is 15.4. The molecule has 1 heteroatoms. The standard InChI is InChI=1S/C20H26O/c1-13-10-17-18(20(4,5)9-8-19(17,2)3)12-16(13)14-6-7-15(21)11-14/h10-12H,6-9H2,1-5H3. The summed E-state index contributed by atoms with van der Waals surface area (Å²) in [5.41, 5.74) is 7.33. The summed E-state index contributed by atoms with van der Waals surface area (Å²) in [5, 5.41) is 0. The summed E-state index contributed by atoms with van der Waals surface area (Å²) in [6.45, 7) is 11.6. The lowest BCUT2D eigenvalue weighted by Gasteiger charge is -2.42. The van der Waals surface area contributed by atoms with E-state index in [0.29, 0.717) is 6.42 Å². The molecule has 0 saturated heterocycles. The van der Waals surface area contributed by atoms with Crippen LogP contribution in [0.4, 0.5) is 0 Å². The molecule has 112 valence electrons. The van der Waals surface area contributed by atoms with Crippen molar-refractivity contribution in [3.63, 3.8) is 0 Å². The fraction of sp³-hybridized carbons (Fsp3) is 0.550. The number of aryl methyl sites for hydroxylation is 1. The molecule has 3 rings (SSSR count). The van der Waals surface area contributed by atoms with E-state index in [1.54, 1.807) is 0 Å². The van der Waals surface area contributed by atoms with Crippen molar-refractivity contribution in [3.05, 3.63) is 40.5 Å². The van der Waals surface area contributed by atoms with E-state index in [1.807, 2.05) is 6.08 Å². The van der Waals surface area contributed by atoms with Crippen LogP contribution in [0.3, 0.4) is 0 Å². The van der Waals surface area contributed by atoms with Gasteiger partial charge in [0.1, 0.15) is 0 Å². The molecule has 1 nitrogen and oxygen atoms in total. The molecule has 1 aromatic carbocycles. The van der Waals surface area contributed by atoms with Gasteiger partial charge in [0.25, 0.3) is 0 Å². The van der Waals surface area contributed by atoms with Crippen LogP contribution >= 0.6 is 0 Å². The minimum absolute atomic E-state index is 0.233. The molecule has 0 heterocycles. The fourth-order valence-electron chi connectivity index (χ4n) is 3.88. The van der Waals surface area contributed by atoms with E-state index in [4.69, 9.17) is 0 Å². The number of hydrogen-bond acceptors (Lipinski definition) is 1. The van der Waals surface area contributed by atoms with E-state index < -0.39 is 0 Å². The van der Waals surface area contributed by atoms with Gasteiger partial charge in [0.15, 0.2) is 5.78 Å². The first-order valence-electron chi connectivity index (χ1n) is 8.10. The van der Waals surface area contributed by atoms with Crippen molar-refractivity contribution < 1.29 is 4.79 Å². The van der Waals surface area contributed by atoms with Crippen LogP contribution in [0.5, 0.6) is 0 Å². The zero-order valence-corrected chi connectivity index (χ0v) is 14.0. The molecule has 0 amide bonds. The number of carbonyl (C=O) groups excluding carboxylic acids is 1. The van der Waals surface area contributed by atoms with Crippen molar-refractivity contribution >= 4 is 11.4 Å². The van der Waals surface area contributed by atoms with Gasteiger partial charge in [-0.15, -0.1) is 0 Å². The summed E-state index contributed by atoms with van der Waals surface area (Å²) in [4.78, 5) is 11.6. The van der Waals surface area contributed by atoms with Crippen LogP contribution in [0.15, 0.2) is 18.2 Å². The zero-order valence-electron chi connectivity index (χ0n) is 14.0. The minimum Gasteiger partial charge on any atom is -0.295 e. The van der Waals surface area contributed by atoms with Gasteiger partial charge < -0.3 is 0 Å². The van der Waals surface area contributed by atoms with Gasteiger partial charge in [-0.2, -0.15) is 0 Å². The molecular formula is C20H26O. The molecule has 0 bridgehead atoms. The predicted octanol–water partition coefficient (Wildman–Crippen LogP) is 5.09. The number of hydrogen-bond donors (Lipinski definition) is 0. The van der Waals surface area contributed by atoms with Gasteiger partial charge in [-0.1, -0.05) is 39.8 Å². The second-order valence-electron chi connectivity index (χ2n) is 8.12. The third-order valence-electron chi connectivity index (χ3n) is 5.52. The number of benzene rings is 1. The predicted molar refractivity (Wildman–Crippen MR) is 88.7 cm³/mol. The van der Waals surface area contributed by atoms with Crippen LogP contribution in [0, 0.1) is 6.92 Å². The van der Waals surface area contributed by atoms with Gasteiger partial charge in [0.05, 0.1) is 0 Å². The second-order valence-corrected chi connectivity index (χ2v) is 8.12. The maximum absolute atomic E-state index is 11.6. The van der Waals surface area contributed by atoms with Crippen molar-refractivity contribution in [2.75, 3.05) is 0 Å². The Hall–Kier alpha value is -1.37. The molecule has 0 saturated carbocycles. The SMILES string of the molecule is Cc1cc2c(cc1C1=CC(=O)CC1)C(C)(C)CCC2(C)C. The number of allylic oxidation sites excluding steroid dienone is 2. The van der Waals surface area contributed by atoms with E-state index in [1.165, 1.54) is 40.7 Å². The molecule has 0 spiro atoms. The van der Waals surface area contributed by atoms with Crippen LogP contribution in [0.2, 0.25) is 0 Å². The molecule has 0 unspecified atom stereocenters. The highest BCUT2D eigenvalue weighted by Crippen LogP contribution is 2.47. The van der Waals surface area contributed by atoms with Crippen molar-refractivity contribution in [3.8, 4) is 0 Å². The summed E-state index contributed by atoms with van der Waals surface area (Å²) in [6, 6.07) is 4.77. The quantitative estimate of drug-likeness (QED) is 0.701. The van der Waals surface area contributed by atoms with Gasteiger partial charge >= 0.3 is 0 Å². The Bertz CT molecular complexity index is 644. The van der Waals surface area contributed by atoms with Gasteiger partial charge in [0.2, 0.25) is 0 Å². The number of carbonyl (C=O) groups is 1. The summed E-state index contributed by atoms with van der Waals surface area (Å²) >= 11 is 0. The first kappa shape index (κ1) is 14.6. The van der Waals surface area contributed by atoms with Crippen LogP contribution in [0.25, 0.3) is 5.57 Å². The van der Waals surface area contributed by atoms with Crippen molar-refractivity contribution in [1.29, 1.82) is 0 Å². The lowest BCUT2D eigenvalue weighted by Crippen LogP contribution is -2.34. The summed E-state index contributed by atoms with van der Waals surface area (Å²) in [7, 11) is 0. The van der Waals surface area contributed by atoms with Gasteiger partial charge in [0, 0.05) is 6.42 Å². The van der Waals surface area contributed by atoms with E-state index >= 15 is 0 Å². The first-order chi connectivity index (χ1) is 9.71. The largest absolute Gasteiger partial charge is 0.295 e. The lowest BCUT2D eigenvalue weighted by atomic mass is 9.62. The summed E-state index contributed by atoms with van der Waals surface area (Å²) < 4.78 is 0. The fourth-order valence-corrected chi connectivity index (χ4v) is 3.88.